The molecule has 0 aromatic carbocycles. The quantitative estimate of drug-likeness (QED) is 0.872. The first-order chi connectivity index (χ1) is 10.2. The first kappa shape index (κ1) is 14.5. The van der Waals surface area contributed by atoms with Crippen LogP contribution in [-0.4, -0.2) is 40.5 Å². The van der Waals surface area contributed by atoms with Crippen LogP contribution in [0.2, 0.25) is 0 Å². The van der Waals surface area contributed by atoms with Crippen LogP contribution in [0.1, 0.15) is 43.2 Å². The van der Waals surface area contributed by atoms with Gasteiger partial charge in [0.2, 0.25) is 5.91 Å². The zero-order valence-electron chi connectivity index (χ0n) is 12.5. The largest absolute Gasteiger partial charge is 0.384 e. The number of thiazole rings is 1. The van der Waals surface area contributed by atoms with E-state index in [2.05, 4.69) is 9.78 Å². The molecule has 0 saturated carbocycles. The molecule has 3 rings (SSSR count). The molecule has 0 radical (unpaired) electrons. The molecule has 114 valence electrons. The summed E-state index contributed by atoms with van der Waals surface area (Å²) in [5.41, 5.74) is 1.06. The maximum atomic E-state index is 12.4. The molecule has 0 N–H and O–H groups in total. The molecule has 0 bridgehead atoms. The van der Waals surface area contributed by atoms with Gasteiger partial charge in [-0.25, -0.2) is 4.98 Å². The normalized spacial score (nSPS) is 19.3. The van der Waals surface area contributed by atoms with Crippen LogP contribution in [0.4, 0.5) is 0 Å². The van der Waals surface area contributed by atoms with Crippen molar-refractivity contribution in [1.29, 1.82) is 0 Å². The lowest BCUT2D eigenvalue weighted by molar-refractivity contribution is -0.136. The van der Waals surface area contributed by atoms with E-state index in [4.69, 9.17) is 9.72 Å². The van der Waals surface area contributed by atoms with E-state index in [1.54, 1.807) is 18.4 Å². The monoisotopic (exact) mass is 307 g/mol. The third kappa shape index (κ3) is 2.70. The van der Waals surface area contributed by atoms with Gasteiger partial charge in [0, 0.05) is 25.2 Å². The maximum Gasteiger partial charge on any atom is 0.225 e. The number of imidazole rings is 1. The van der Waals surface area contributed by atoms with Gasteiger partial charge in [-0.15, -0.1) is 11.3 Å². The third-order valence-electron chi connectivity index (χ3n) is 4.12. The number of carbonyl (C=O) groups excluding carboxylic acids is 1. The van der Waals surface area contributed by atoms with Gasteiger partial charge in [-0.05, 0) is 26.2 Å². The van der Waals surface area contributed by atoms with E-state index in [1.807, 2.05) is 18.0 Å². The lowest BCUT2D eigenvalue weighted by atomic mass is 9.99. The Morgan fingerprint density at radius 1 is 1.52 bits per heavy atom. The number of methoxy groups -OCH3 is 1. The van der Waals surface area contributed by atoms with Gasteiger partial charge in [0.25, 0.3) is 0 Å². The minimum absolute atomic E-state index is 0.116. The fourth-order valence-corrected chi connectivity index (χ4v) is 3.98. The third-order valence-corrected chi connectivity index (χ3v) is 5.00. The maximum absolute atomic E-state index is 12.4. The Hall–Kier alpha value is -1.40. The Balaban J connectivity index is 1.90. The highest BCUT2D eigenvalue weighted by Crippen LogP contribution is 2.35. The number of carbonyl (C=O) groups is 1. The summed E-state index contributed by atoms with van der Waals surface area (Å²) in [5, 5.41) is 2.08. The number of aromatic nitrogens is 2. The smallest absolute Gasteiger partial charge is 0.225 e. The summed E-state index contributed by atoms with van der Waals surface area (Å²) in [5.74, 6) is 1.17. The van der Waals surface area contributed by atoms with Crippen molar-refractivity contribution in [3.8, 4) is 0 Å². The highest BCUT2D eigenvalue weighted by molar-refractivity contribution is 7.15. The topological polar surface area (TPSA) is 46.8 Å². The predicted molar refractivity (Wildman–Crippen MR) is 82.6 cm³/mol. The lowest BCUT2D eigenvalue weighted by Gasteiger charge is -2.35. The van der Waals surface area contributed by atoms with Gasteiger partial charge in [-0.2, -0.15) is 0 Å². The number of likely N-dealkylation sites (tertiary alicyclic amines) is 1. The van der Waals surface area contributed by atoms with E-state index < -0.39 is 0 Å². The van der Waals surface area contributed by atoms with Crippen molar-refractivity contribution in [3.05, 3.63) is 23.1 Å². The summed E-state index contributed by atoms with van der Waals surface area (Å²) >= 11 is 1.70. The molecule has 21 heavy (non-hydrogen) atoms. The first-order valence-corrected chi connectivity index (χ1v) is 8.30. The molecule has 6 heteroatoms. The van der Waals surface area contributed by atoms with Gasteiger partial charge in [0.1, 0.15) is 10.7 Å². The Morgan fingerprint density at radius 3 is 3.19 bits per heavy atom. The zero-order chi connectivity index (χ0) is 14.8. The number of hydrogen-bond donors (Lipinski definition) is 0. The average molecular weight is 307 g/mol. The van der Waals surface area contributed by atoms with Gasteiger partial charge in [0.05, 0.1) is 24.8 Å². The number of ether oxygens (including phenoxy) is 1. The summed E-state index contributed by atoms with van der Waals surface area (Å²) in [6.45, 7) is 3.33. The Morgan fingerprint density at radius 2 is 2.38 bits per heavy atom. The van der Waals surface area contributed by atoms with Crippen LogP contribution >= 0.6 is 11.3 Å². The second-order valence-corrected chi connectivity index (χ2v) is 6.36. The Bertz CT molecular complexity index is 634. The van der Waals surface area contributed by atoms with E-state index in [0.29, 0.717) is 13.0 Å². The number of nitrogens with zero attached hydrogens (tertiary/aromatic N) is 3. The molecule has 1 aliphatic rings. The van der Waals surface area contributed by atoms with E-state index in [-0.39, 0.29) is 11.9 Å². The average Bonchev–Trinajstić information content (AvgIpc) is 3.09. The number of hydrogen-bond acceptors (Lipinski definition) is 4. The van der Waals surface area contributed by atoms with Crippen molar-refractivity contribution in [2.24, 2.45) is 0 Å². The molecule has 1 aliphatic heterocycles. The van der Waals surface area contributed by atoms with E-state index in [9.17, 15) is 4.79 Å². The minimum Gasteiger partial charge on any atom is -0.384 e. The van der Waals surface area contributed by atoms with Crippen molar-refractivity contribution in [3.63, 3.8) is 0 Å². The lowest BCUT2D eigenvalue weighted by Crippen LogP contribution is -2.39. The molecule has 1 atom stereocenters. The van der Waals surface area contributed by atoms with Crippen molar-refractivity contribution in [2.45, 2.75) is 38.6 Å². The van der Waals surface area contributed by atoms with Crippen LogP contribution in [-0.2, 0) is 9.53 Å². The number of aryl methyl sites for hydroxylation is 1. The molecule has 0 aliphatic carbocycles. The van der Waals surface area contributed by atoms with E-state index >= 15 is 0 Å². The molecular formula is C15H21N3O2S. The van der Waals surface area contributed by atoms with Crippen LogP contribution in [0.15, 0.2) is 11.6 Å². The zero-order valence-corrected chi connectivity index (χ0v) is 13.4. The second-order valence-electron chi connectivity index (χ2n) is 5.46. The number of rotatable bonds is 4. The van der Waals surface area contributed by atoms with E-state index in [0.717, 1.165) is 37.3 Å². The minimum atomic E-state index is 0.116. The molecule has 1 fully saturated rings. The van der Waals surface area contributed by atoms with Gasteiger partial charge in [0.15, 0.2) is 0 Å². The highest BCUT2D eigenvalue weighted by atomic mass is 32.1. The van der Waals surface area contributed by atoms with Crippen LogP contribution < -0.4 is 0 Å². The van der Waals surface area contributed by atoms with Gasteiger partial charge >= 0.3 is 0 Å². The van der Waals surface area contributed by atoms with Gasteiger partial charge in [-0.1, -0.05) is 0 Å². The van der Waals surface area contributed by atoms with Gasteiger partial charge in [-0.3, -0.25) is 9.20 Å². The predicted octanol–water partition coefficient (Wildman–Crippen LogP) is 2.79. The number of piperidine rings is 1. The molecule has 2 aromatic heterocycles. The molecule has 0 spiro atoms. The molecule has 1 unspecified atom stereocenters. The Labute approximate surface area is 128 Å². The fraction of sp³-hybridized carbons (Fsp3) is 0.600. The summed E-state index contributed by atoms with van der Waals surface area (Å²) in [7, 11) is 1.63. The standard InChI is InChI=1S/C15H21N3O2S/c1-11-16-14(15-17(11)8-10-21-15)12-5-3-4-7-18(12)13(19)6-9-20-2/h8,10,12H,3-7,9H2,1-2H3. The summed E-state index contributed by atoms with van der Waals surface area (Å²) < 4.78 is 7.16. The SMILES string of the molecule is COCCC(=O)N1CCCCC1c1nc(C)n2ccsc12. The molecule has 1 saturated heterocycles. The summed E-state index contributed by atoms with van der Waals surface area (Å²) in [6.07, 6.45) is 5.74. The molecule has 1 amide bonds. The van der Waals surface area contributed by atoms with Gasteiger partial charge < -0.3 is 9.64 Å². The molecular weight excluding hydrogens is 286 g/mol. The van der Waals surface area contributed by atoms with Crippen LogP contribution in [0.3, 0.4) is 0 Å². The first-order valence-electron chi connectivity index (χ1n) is 7.43. The molecule has 2 aromatic rings. The highest BCUT2D eigenvalue weighted by Gasteiger charge is 2.31. The molecule has 5 nitrogen and oxygen atoms in total. The van der Waals surface area contributed by atoms with Crippen molar-refractivity contribution in [2.75, 3.05) is 20.3 Å². The molecule has 3 heterocycles. The van der Waals surface area contributed by atoms with Crippen molar-refractivity contribution < 1.29 is 9.53 Å². The van der Waals surface area contributed by atoms with E-state index in [1.165, 1.54) is 4.83 Å². The second kappa shape index (κ2) is 6.15. The van der Waals surface area contributed by atoms with Crippen molar-refractivity contribution >= 4 is 22.1 Å². The summed E-state index contributed by atoms with van der Waals surface area (Å²) in [4.78, 5) is 20.3. The number of fused-ring (bicyclic) bond motifs is 1. The fourth-order valence-electron chi connectivity index (χ4n) is 3.06. The van der Waals surface area contributed by atoms with Crippen LogP contribution in [0, 0.1) is 6.92 Å². The Kier molecular flexibility index (Phi) is 4.26. The van der Waals surface area contributed by atoms with Crippen LogP contribution in [0.5, 0.6) is 0 Å². The van der Waals surface area contributed by atoms with Crippen LogP contribution in [0.25, 0.3) is 4.83 Å². The van der Waals surface area contributed by atoms with Crippen molar-refractivity contribution in [1.82, 2.24) is 14.3 Å². The summed E-state index contributed by atoms with van der Waals surface area (Å²) in [6, 6.07) is 0.116. The number of amides is 1.